The fourth-order valence-electron chi connectivity index (χ4n) is 6.05. The van der Waals surface area contributed by atoms with E-state index in [0.717, 1.165) is 24.9 Å². The van der Waals surface area contributed by atoms with Crippen LogP contribution in [0.3, 0.4) is 0 Å². The van der Waals surface area contributed by atoms with Gasteiger partial charge in [-0.15, -0.1) is 0 Å². The van der Waals surface area contributed by atoms with E-state index < -0.39 is 56.3 Å². The zero-order valence-corrected chi connectivity index (χ0v) is 40.2. The maximum atomic E-state index is 12.4. The molecule has 0 heterocycles. The second-order valence-electron chi connectivity index (χ2n) is 17.3. The van der Waals surface area contributed by atoms with Gasteiger partial charge in [0.25, 0.3) is 0 Å². The zero-order chi connectivity index (χ0) is 41.4. The molecule has 16 heteroatoms. The largest absolute Gasteiger partial charge is 0.463 e. The number of carbonyl (C=O) groups is 2. The standard InChI is InChI=1S/C38H76N4O8Si4/c1-13-15-29-51(5,6)49-53(9,10)31-17-23-45-25-27-47-35(43)19-21-37(3,33-39)41-42-38(4,34-40)22-20-36(44)48-28-26-46-24-18-32-54(11,12)50-52(7,8)30-16-14-2/h13-32H2,1-12H3. The molecule has 0 aromatic carbocycles. The number of unbranched alkanes of at least 4 members (excludes halogenated alkanes) is 2. The Balaban J connectivity index is 4.42. The van der Waals surface area contributed by atoms with Crippen LogP contribution < -0.4 is 0 Å². The van der Waals surface area contributed by atoms with Crippen molar-refractivity contribution < 1.29 is 36.8 Å². The Morgan fingerprint density at radius 2 is 0.852 bits per heavy atom. The Morgan fingerprint density at radius 1 is 0.537 bits per heavy atom. The second-order valence-corrected chi connectivity index (χ2v) is 35.0. The fourth-order valence-corrected chi connectivity index (χ4v) is 24.1. The molecule has 0 N–H and O–H groups in total. The van der Waals surface area contributed by atoms with Crippen molar-refractivity contribution in [3.63, 3.8) is 0 Å². The summed E-state index contributed by atoms with van der Waals surface area (Å²) in [6.07, 6.45) is 6.70. The molecular weight excluding hydrogens is 753 g/mol. The summed E-state index contributed by atoms with van der Waals surface area (Å²) in [6.45, 7) is 27.9. The molecule has 0 radical (unpaired) electrons. The lowest BCUT2D eigenvalue weighted by molar-refractivity contribution is -0.146. The highest BCUT2D eigenvalue weighted by molar-refractivity contribution is 6.85. The van der Waals surface area contributed by atoms with Gasteiger partial charge in [-0.1, -0.05) is 39.5 Å². The number of ether oxygens (including phenoxy) is 4. The maximum absolute atomic E-state index is 12.4. The number of nitrogens with zero attached hydrogens (tertiary/aromatic N) is 4. The topological polar surface area (TPSA) is 162 Å². The van der Waals surface area contributed by atoms with Crippen molar-refractivity contribution in [2.75, 3.05) is 39.6 Å². The van der Waals surface area contributed by atoms with E-state index in [1.54, 1.807) is 13.8 Å². The molecule has 0 spiro atoms. The van der Waals surface area contributed by atoms with Crippen molar-refractivity contribution >= 4 is 45.2 Å². The van der Waals surface area contributed by atoms with Crippen molar-refractivity contribution in [3.8, 4) is 12.1 Å². The van der Waals surface area contributed by atoms with Gasteiger partial charge in [-0.3, -0.25) is 9.59 Å². The summed E-state index contributed by atoms with van der Waals surface area (Å²) in [6, 6.07) is 8.61. The number of carbonyl (C=O) groups excluding carboxylic acids is 2. The van der Waals surface area contributed by atoms with E-state index in [-0.39, 0.29) is 38.9 Å². The number of hydrogen-bond donors (Lipinski definition) is 0. The third-order valence-corrected chi connectivity index (χ3v) is 24.2. The fraction of sp³-hybridized carbons (Fsp3) is 0.895. The second kappa shape index (κ2) is 26.2. The quantitative estimate of drug-likeness (QED) is 0.0276. The van der Waals surface area contributed by atoms with Gasteiger partial charge < -0.3 is 27.2 Å². The van der Waals surface area contributed by atoms with Gasteiger partial charge in [-0.2, -0.15) is 20.8 Å². The Hall–Kier alpha value is -1.77. The van der Waals surface area contributed by atoms with Crippen molar-refractivity contribution in [1.29, 1.82) is 10.5 Å². The first-order valence-corrected chi connectivity index (χ1v) is 32.7. The van der Waals surface area contributed by atoms with Gasteiger partial charge in [-0.25, -0.2) is 0 Å². The number of rotatable bonds is 32. The predicted octanol–water partition coefficient (Wildman–Crippen LogP) is 9.92. The average molecular weight is 829 g/mol. The van der Waals surface area contributed by atoms with Crippen molar-refractivity contribution in [1.82, 2.24) is 0 Å². The summed E-state index contributed by atoms with van der Waals surface area (Å²) in [5.74, 6) is -0.927. The molecule has 0 saturated heterocycles. The molecule has 0 fully saturated rings. The maximum Gasteiger partial charge on any atom is 0.305 e. The van der Waals surface area contributed by atoms with Crippen molar-refractivity contribution in [2.45, 2.75) is 180 Å². The highest BCUT2D eigenvalue weighted by atomic mass is 28.4. The van der Waals surface area contributed by atoms with Gasteiger partial charge in [0, 0.05) is 26.1 Å². The van der Waals surface area contributed by atoms with Crippen LogP contribution in [0.5, 0.6) is 0 Å². The first-order valence-electron chi connectivity index (χ1n) is 20.2. The molecule has 12 nitrogen and oxygen atoms in total. The number of esters is 2. The lowest BCUT2D eigenvalue weighted by Gasteiger charge is -2.34. The van der Waals surface area contributed by atoms with E-state index in [2.05, 4.69) is 88.6 Å². The average Bonchev–Trinajstić information content (AvgIpc) is 3.08. The molecule has 0 aliphatic rings. The van der Waals surface area contributed by atoms with Crippen LogP contribution in [0.2, 0.25) is 76.6 Å². The first kappa shape index (κ1) is 52.2. The van der Waals surface area contributed by atoms with Crippen LogP contribution in [0.15, 0.2) is 10.2 Å². The van der Waals surface area contributed by atoms with Crippen LogP contribution in [0.25, 0.3) is 0 Å². The smallest absolute Gasteiger partial charge is 0.305 e. The summed E-state index contributed by atoms with van der Waals surface area (Å²) in [5, 5.41) is 27.8. The summed E-state index contributed by atoms with van der Waals surface area (Å²) in [7, 11) is -6.75. The molecule has 2 atom stereocenters. The number of azo groups is 1. The van der Waals surface area contributed by atoms with Crippen LogP contribution in [0, 0.1) is 22.7 Å². The Labute approximate surface area is 332 Å². The monoisotopic (exact) mass is 828 g/mol. The number of hydrogen-bond acceptors (Lipinski definition) is 12. The Bertz CT molecular complexity index is 1120. The predicted molar refractivity (Wildman–Crippen MR) is 225 cm³/mol. The minimum atomic E-state index is -1.75. The molecule has 312 valence electrons. The lowest BCUT2D eigenvalue weighted by Crippen LogP contribution is -2.44. The highest BCUT2D eigenvalue weighted by Crippen LogP contribution is 2.26. The molecule has 0 bridgehead atoms. The molecule has 0 aromatic heterocycles. The normalized spacial score (nSPS) is 14.9. The van der Waals surface area contributed by atoms with Crippen molar-refractivity contribution in [3.05, 3.63) is 0 Å². The summed E-state index contributed by atoms with van der Waals surface area (Å²) in [5.41, 5.74) is -2.68. The molecule has 0 aliphatic heterocycles. The zero-order valence-electron chi connectivity index (χ0n) is 36.2. The summed E-state index contributed by atoms with van der Waals surface area (Å²) >= 11 is 0. The SMILES string of the molecule is CCCC[Si](C)(C)O[Si](C)(C)CCCOCCOC(=O)CCC(C)(C#N)N=NC(C)(C#N)CCC(=O)OCCOCCC[Si](C)(C)O[Si](C)(C)CCCC. The highest BCUT2D eigenvalue weighted by Gasteiger charge is 2.34. The van der Waals surface area contributed by atoms with E-state index in [9.17, 15) is 20.1 Å². The van der Waals surface area contributed by atoms with E-state index in [1.807, 2.05) is 0 Å². The summed E-state index contributed by atoms with van der Waals surface area (Å²) < 4.78 is 35.2. The minimum Gasteiger partial charge on any atom is -0.463 e. The molecule has 0 rings (SSSR count). The molecule has 0 aromatic rings. The molecule has 0 aliphatic carbocycles. The molecular formula is C38H76N4O8Si4. The van der Waals surface area contributed by atoms with Crippen LogP contribution in [0.4, 0.5) is 0 Å². The third kappa shape index (κ3) is 26.9. The summed E-state index contributed by atoms with van der Waals surface area (Å²) in [4.78, 5) is 24.7. The molecule has 2 unspecified atom stereocenters. The van der Waals surface area contributed by atoms with E-state index in [4.69, 9.17) is 27.2 Å². The third-order valence-electron chi connectivity index (χ3n) is 9.09. The first-order chi connectivity index (χ1) is 25.1. The lowest BCUT2D eigenvalue weighted by atomic mass is 9.97. The molecule has 54 heavy (non-hydrogen) atoms. The van der Waals surface area contributed by atoms with E-state index in [0.29, 0.717) is 26.4 Å². The Morgan fingerprint density at radius 3 is 1.15 bits per heavy atom. The van der Waals surface area contributed by atoms with Crippen molar-refractivity contribution in [2.24, 2.45) is 10.2 Å². The number of nitriles is 2. The van der Waals surface area contributed by atoms with E-state index in [1.165, 1.54) is 37.8 Å². The van der Waals surface area contributed by atoms with Crippen LogP contribution in [-0.4, -0.2) is 95.9 Å². The molecule has 0 amide bonds. The van der Waals surface area contributed by atoms with Crippen LogP contribution >= 0.6 is 0 Å². The van der Waals surface area contributed by atoms with Crippen LogP contribution in [-0.2, 0) is 36.8 Å². The Kier molecular flexibility index (Phi) is 25.3. The van der Waals surface area contributed by atoms with Crippen LogP contribution in [0.1, 0.15) is 91.9 Å². The van der Waals surface area contributed by atoms with Gasteiger partial charge in [0.15, 0.2) is 44.3 Å². The van der Waals surface area contributed by atoms with Gasteiger partial charge >= 0.3 is 11.9 Å². The van der Waals surface area contributed by atoms with Gasteiger partial charge in [0.1, 0.15) is 13.2 Å². The van der Waals surface area contributed by atoms with E-state index >= 15 is 0 Å². The van der Waals surface area contributed by atoms with Gasteiger partial charge in [-0.05, 0) is 116 Å². The van der Waals surface area contributed by atoms with Gasteiger partial charge in [0.2, 0.25) is 0 Å². The minimum absolute atomic E-state index is 0.0398. The van der Waals surface area contributed by atoms with Gasteiger partial charge in [0.05, 0.1) is 25.4 Å². The molecule has 0 saturated carbocycles.